The van der Waals surface area contributed by atoms with E-state index < -0.39 is 0 Å². The van der Waals surface area contributed by atoms with Crippen molar-refractivity contribution in [3.05, 3.63) is 193 Å². The molecule has 1 heteroatoms. The molecule has 1 heterocycles. The quantitative estimate of drug-likeness (QED) is 0.178. The third-order valence-electron chi connectivity index (χ3n) is 11.5. The molecule has 1 nitrogen and oxygen atoms in total. The Labute approximate surface area is 320 Å². The fourth-order valence-electron chi connectivity index (χ4n) is 8.76. The third kappa shape index (κ3) is 4.72. The highest BCUT2D eigenvalue weighted by atomic mass is 16.5. The summed E-state index contributed by atoms with van der Waals surface area (Å²) in [4.78, 5) is 0. The van der Waals surface area contributed by atoms with Crippen LogP contribution in [0.25, 0.3) is 88.3 Å². The lowest BCUT2D eigenvalue weighted by molar-refractivity contribution is 0.487. The molecule has 1 aliphatic carbocycles. The van der Waals surface area contributed by atoms with Crippen LogP contribution in [-0.2, 0) is 5.41 Å². The van der Waals surface area contributed by atoms with Gasteiger partial charge in [0.1, 0.15) is 11.5 Å². The maximum Gasteiger partial charge on any atom is 0.135 e. The zero-order valence-corrected chi connectivity index (χ0v) is 30.0. The maximum absolute atomic E-state index is 9.95. The molecule has 0 bridgehead atoms. The van der Waals surface area contributed by atoms with Crippen molar-refractivity contribution >= 4 is 21.5 Å². The summed E-state index contributed by atoms with van der Waals surface area (Å²) in [6.45, 7) is 4.57. The van der Waals surface area contributed by atoms with Crippen LogP contribution in [0.4, 0.5) is 0 Å². The number of benzene rings is 9. The summed E-state index contributed by atoms with van der Waals surface area (Å²) in [5.41, 5.74) is 13.1. The van der Waals surface area contributed by atoms with Crippen molar-refractivity contribution in [1.82, 2.24) is 0 Å². The molecular weight excluding hydrogens is 653 g/mol. The van der Waals surface area contributed by atoms with E-state index in [-0.39, 0.29) is 23.5 Å². The Bertz CT molecular complexity index is 3150. The first-order valence-corrected chi connectivity index (χ1v) is 18.6. The van der Waals surface area contributed by atoms with Crippen molar-refractivity contribution in [3.8, 4) is 78.3 Å². The van der Waals surface area contributed by atoms with Crippen LogP contribution in [0.1, 0.15) is 29.1 Å². The van der Waals surface area contributed by atoms with E-state index in [1.807, 2.05) is 72.8 Å². The van der Waals surface area contributed by atoms with Gasteiger partial charge in [-0.1, -0.05) is 141 Å². The fraction of sp³-hybridized carbons (Fsp3) is 0.0566. The monoisotopic (exact) mass is 691 g/mol. The molecule has 9 aromatic carbocycles. The van der Waals surface area contributed by atoms with Gasteiger partial charge in [0.15, 0.2) is 0 Å². The largest absolute Gasteiger partial charge is 0.456 e. The summed E-state index contributed by atoms with van der Waals surface area (Å²) >= 11 is 0. The zero-order chi connectivity index (χ0) is 38.6. The van der Waals surface area contributed by atoms with Gasteiger partial charge in [-0.3, -0.25) is 0 Å². The standard InChI is InChI=1S/C53H36O/c1-53(2)48-19-10-9-16-43(48)46-30-37-21-20-35(26-40(37)32-49(46)53)39-27-38(34-14-7-4-8-15-34)28-41(29-39)42-23-25-51-52-44(42)17-11-18-45(52)47-31-36(22-24-50(47)54-51)33-12-5-3-6-13-33/h3-32H,1-2H3/i27D,28D,29D. The number of hydrogen-bond acceptors (Lipinski definition) is 1. The Hall–Kier alpha value is -6.70. The lowest BCUT2D eigenvalue weighted by atomic mass is 9.82. The second kappa shape index (κ2) is 11.7. The van der Waals surface area contributed by atoms with E-state index in [2.05, 4.69) is 105 Å². The molecule has 0 saturated carbocycles. The molecule has 54 heavy (non-hydrogen) atoms. The van der Waals surface area contributed by atoms with Gasteiger partial charge in [-0.2, -0.15) is 0 Å². The summed E-state index contributed by atoms with van der Waals surface area (Å²) < 4.78 is 36.1. The van der Waals surface area contributed by atoms with Crippen LogP contribution in [-0.4, -0.2) is 0 Å². The topological polar surface area (TPSA) is 9.23 Å². The number of rotatable bonds is 4. The summed E-state index contributed by atoms with van der Waals surface area (Å²) in [5.74, 6) is 1.54. The Morgan fingerprint density at radius 1 is 0.389 bits per heavy atom. The average molecular weight is 692 g/mol. The molecule has 0 N–H and O–H groups in total. The van der Waals surface area contributed by atoms with Gasteiger partial charge in [0.2, 0.25) is 0 Å². The van der Waals surface area contributed by atoms with E-state index in [0.29, 0.717) is 16.7 Å². The van der Waals surface area contributed by atoms with Crippen molar-refractivity contribution < 1.29 is 8.85 Å². The molecular formula is C53H36O. The molecule has 0 atom stereocenters. The van der Waals surface area contributed by atoms with Crippen molar-refractivity contribution in [2.45, 2.75) is 19.3 Å². The van der Waals surface area contributed by atoms with Crippen LogP contribution in [0, 0.1) is 0 Å². The van der Waals surface area contributed by atoms with Gasteiger partial charge in [0.25, 0.3) is 0 Å². The van der Waals surface area contributed by atoms with Gasteiger partial charge in [-0.05, 0) is 143 Å². The SMILES string of the molecule is [2H]c1c(-c2ccccc2)c([2H])c(-c2ccc3c4c(cccc24)-c2cc(-c4ccccc4)ccc2O3)c([2H])c1-c1ccc2cc3c(cc2c1)C(C)(C)c1ccccc1-3. The molecule has 1 aliphatic heterocycles. The second-order valence-electron chi connectivity index (χ2n) is 15.0. The van der Waals surface area contributed by atoms with Crippen LogP contribution in [0.5, 0.6) is 11.5 Å². The first-order valence-electron chi connectivity index (χ1n) is 20.1. The molecule has 9 aromatic rings. The van der Waals surface area contributed by atoms with Gasteiger partial charge in [-0.25, -0.2) is 0 Å². The Morgan fingerprint density at radius 3 is 1.85 bits per heavy atom. The van der Waals surface area contributed by atoms with Gasteiger partial charge in [0.05, 0.1) is 4.11 Å². The molecule has 0 amide bonds. The molecule has 0 unspecified atom stereocenters. The van der Waals surface area contributed by atoms with E-state index in [4.69, 9.17) is 4.74 Å². The predicted octanol–water partition coefficient (Wildman–Crippen LogP) is 14.7. The van der Waals surface area contributed by atoms with Crippen LogP contribution in [0.15, 0.2) is 182 Å². The minimum Gasteiger partial charge on any atom is -0.456 e. The van der Waals surface area contributed by atoms with E-state index in [1.54, 1.807) is 0 Å². The van der Waals surface area contributed by atoms with E-state index in [0.717, 1.165) is 72.0 Å². The molecule has 11 rings (SSSR count). The Kier molecular flexibility index (Phi) is 6.02. The molecule has 0 saturated heterocycles. The normalized spacial score (nSPS) is 14.1. The molecule has 2 aliphatic rings. The van der Waals surface area contributed by atoms with E-state index in [1.165, 1.54) is 22.3 Å². The van der Waals surface area contributed by atoms with Crippen LogP contribution in [0.2, 0.25) is 0 Å². The number of hydrogen-bond donors (Lipinski definition) is 0. The summed E-state index contributed by atoms with van der Waals surface area (Å²) in [6, 6.07) is 56.7. The van der Waals surface area contributed by atoms with Gasteiger partial charge < -0.3 is 4.74 Å². The number of ether oxygens (including phenoxy) is 1. The molecule has 0 fully saturated rings. The molecule has 0 spiro atoms. The Morgan fingerprint density at radius 2 is 1.04 bits per heavy atom. The molecule has 0 aromatic heterocycles. The fourth-order valence-corrected chi connectivity index (χ4v) is 8.76. The highest BCUT2D eigenvalue weighted by Gasteiger charge is 2.35. The summed E-state index contributed by atoms with van der Waals surface area (Å²) in [6.07, 6.45) is 0. The zero-order valence-electron chi connectivity index (χ0n) is 33.0. The van der Waals surface area contributed by atoms with Gasteiger partial charge in [-0.15, -0.1) is 0 Å². The van der Waals surface area contributed by atoms with Crippen LogP contribution in [0.3, 0.4) is 0 Å². The average Bonchev–Trinajstić information content (AvgIpc) is 3.46. The Balaban J connectivity index is 1.14. The van der Waals surface area contributed by atoms with Crippen molar-refractivity contribution in [1.29, 1.82) is 0 Å². The van der Waals surface area contributed by atoms with Crippen molar-refractivity contribution in [2.24, 2.45) is 0 Å². The minimum absolute atomic E-state index is 0.153. The number of fused-ring (bicyclic) bond motifs is 6. The lowest BCUT2D eigenvalue weighted by Crippen LogP contribution is -2.14. The van der Waals surface area contributed by atoms with Crippen molar-refractivity contribution in [2.75, 3.05) is 0 Å². The first-order chi connectivity index (χ1) is 27.8. The lowest BCUT2D eigenvalue weighted by Gasteiger charge is -2.23. The molecule has 0 radical (unpaired) electrons. The summed E-state index contributed by atoms with van der Waals surface area (Å²) in [5, 5.41) is 4.03. The summed E-state index contributed by atoms with van der Waals surface area (Å²) in [7, 11) is 0. The van der Waals surface area contributed by atoms with Crippen molar-refractivity contribution in [3.63, 3.8) is 0 Å². The maximum atomic E-state index is 9.95. The highest BCUT2D eigenvalue weighted by molar-refractivity contribution is 6.10. The van der Waals surface area contributed by atoms with E-state index in [9.17, 15) is 4.11 Å². The van der Waals surface area contributed by atoms with E-state index >= 15 is 0 Å². The van der Waals surface area contributed by atoms with Gasteiger partial charge >= 0.3 is 0 Å². The smallest absolute Gasteiger partial charge is 0.135 e. The highest BCUT2D eigenvalue weighted by Crippen LogP contribution is 2.51. The molecule has 254 valence electrons. The first kappa shape index (κ1) is 27.9. The predicted molar refractivity (Wildman–Crippen MR) is 226 cm³/mol. The van der Waals surface area contributed by atoms with Gasteiger partial charge in [0, 0.05) is 16.4 Å². The second-order valence-corrected chi connectivity index (χ2v) is 15.0. The van der Waals surface area contributed by atoms with Crippen LogP contribution < -0.4 is 4.74 Å². The minimum atomic E-state index is -0.153. The third-order valence-corrected chi connectivity index (χ3v) is 11.5. The van der Waals surface area contributed by atoms with Crippen LogP contribution >= 0.6 is 0 Å².